The topological polar surface area (TPSA) is 202 Å². The van der Waals surface area contributed by atoms with Crippen LogP contribution in [0.3, 0.4) is 0 Å². The maximum absolute atomic E-state index is 12.7. The van der Waals surface area contributed by atoms with Crippen LogP contribution in [0.25, 0.3) is 0 Å². The van der Waals surface area contributed by atoms with Gasteiger partial charge in [-0.3, -0.25) is 4.79 Å². The summed E-state index contributed by atoms with van der Waals surface area (Å²) in [7, 11) is 1.16. The third-order valence-electron chi connectivity index (χ3n) is 6.40. The summed E-state index contributed by atoms with van der Waals surface area (Å²) in [5, 5.41) is 58.7. The van der Waals surface area contributed by atoms with Crippen molar-refractivity contribution in [2.45, 2.75) is 49.8 Å². The molecular weight excluding hydrogens is 508 g/mol. The number of aliphatic hydroxyl groups is 4. The van der Waals surface area contributed by atoms with Gasteiger partial charge in [0.15, 0.2) is 17.8 Å². The number of phenols is 2. The van der Waals surface area contributed by atoms with Crippen LogP contribution in [-0.2, 0) is 39.7 Å². The first-order valence-corrected chi connectivity index (χ1v) is 11.8. The SMILES string of the molecule is C=C[C@H]1[C@H](OC2O[C@H](CO)[C@@H](O)[C@H](O)[C@H]2O)OC=C(C(=O)OC)[C@H]1CC(=O)OCCc1ccc(O)c(O)c1. The summed E-state index contributed by atoms with van der Waals surface area (Å²) in [5.41, 5.74) is 0.623. The Kier molecular flexibility index (Phi) is 10.1. The van der Waals surface area contributed by atoms with Crippen LogP contribution in [0.5, 0.6) is 11.5 Å². The molecule has 1 saturated heterocycles. The van der Waals surface area contributed by atoms with E-state index in [1.54, 1.807) is 6.07 Å². The average molecular weight is 541 g/mol. The third-order valence-corrected chi connectivity index (χ3v) is 6.40. The number of methoxy groups -OCH3 is 1. The second-order valence-electron chi connectivity index (χ2n) is 8.82. The zero-order valence-electron chi connectivity index (χ0n) is 20.6. The molecule has 0 saturated carbocycles. The lowest BCUT2D eigenvalue weighted by Gasteiger charge is -2.42. The van der Waals surface area contributed by atoms with E-state index in [0.29, 0.717) is 5.56 Å². The monoisotopic (exact) mass is 540 g/mol. The number of carbonyl (C=O) groups is 2. The number of aromatic hydroxyl groups is 2. The molecule has 2 heterocycles. The zero-order valence-corrected chi connectivity index (χ0v) is 20.6. The second kappa shape index (κ2) is 13.0. The molecule has 210 valence electrons. The van der Waals surface area contributed by atoms with E-state index in [2.05, 4.69) is 6.58 Å². The van der Waals surface area contributed by atoms with Crippen LogP contribution >= 0.6 is 0 Å². The number of hydrogen-bond donors (Lipinski definition) is 6. The minimum Gasteiger partial charge on any atom is -0.504 e. The fourth-order valence-electron chi connectivity index (χ4n) is 4.23. The number of rotatable bonds is 10. The number of benzene rings is 1. The Labute approximate surface area is 218 Å². The maximum atomic E-state index is 12.7. The number of esters is 2. The van der Waals surface area contributed by atoms with Crippen LogP contribution in [-0.4, -0.2) is 99.9 Å². The Morgan fingerprint density at radius 1 is 1.08 bits per heavy atom. The summed E-state index contributed by atoms with van der Waals surface area (Å²) >= 11 is 0. The number of ether oxygens (including phenoxy) is 5. The molecule has 13 heteroatoms. The predicted molar refractivity (Wildman–Crippen MR) is 126 cm³/mol. The molecule has 1 fully saturated rings. The molecule has 1 aromatic rings. The Morgan fingerprint density at radius 2 is 1.82 bits per heavy atom. The highest BCUT2D eigenvalue weighted by Crippen LogP contribution is 2.37. The fourth-order valence-corrected chi connectivity index (χ4v) is 4.23. The van der Waals surface area contributed by atoms with Crippen molar-refractivity contribution in [2.24, 2.45) is 11.8 Å². The molecule has 1 unspecified atom stereocenters. The molecule has 8 atom stereocenters. The lowest BCUT2D eigenvalue weighted by Crippen LogP contribution is -2.60. The van der Waals surface area contributed by atoms with Gasteiger partial charge in [0.25, 0.3) is 0 Å². The summed E-state index contributed by atoms with van der Waals surface area (Å²) in [4.78, 5) is 25.1. The minimum absolute atomic E-state index is 0.00598. The number of aliphatic hydroxyl groups excluding tert-OH is 4. The quantitative estimate of drug-likeness (QED) is 0.123. The Morgan fingerprint density at radius 3 is 2.45 bits per heavy atom. The fraction of sp³-hybridized carbons (Fsp3) is 0.520. The van der Waals surface area contributed by atoms with Crippen LogP contribution in [0.2, 0.25) is 0 Å². The summed E-state index contributed by atoms with van der Waals surface area (Å²) in [5.74, 6) is -3.75. The van der Waals surface area contributed by atoms with E-state index in [4.69, 9.17) is 23.7 Å². The van der Waals surface area contributed by atoms with Gasteiger partial charge < -0.3 is 54.3 Å². The first kappa shape index (κ1) is 29.4. The van der Waals surface area contributed by atoms with E-state index < -0.39 is 67.4 Å². The van der Waals surface area contributed by atoms with Gasteiger partial charge in [0.1, 0.15) is 24.4 Å². The van der Waals surface area contributed by atoms with E-state index in [0.717, 1.165) is 13.4 Å². The Balaban J connectivity index is 1.70. The Hall–Kier alpha value is -3.20. The van der Waals surface area contributed by atoms with Gasteiger partial charge in [-0.25, -0.2) is 4.79 Å². The molecule has 3 rings (SSSR count). The molecule has 13 nitrogen and oxygen atoms in total. The molecule has 0 aromatic heterocycles. The smallest absolute Gasteiger partial charge is 0.337 e. The van der Waals surface area contributed by atoms with Crippen molar-refractivity contribution in [1.29, 1.82) is 0 Å². The van der Waals surface area contributed by atoms with E-state index in [9.17, 15) is 40.2 Å². The van der Waals surface area contributed by atoms with Gasteiger partial charge in [0, 0.05) is 18.3 Å². The summed E-state index contributed by atoms with van der Waals surface area (Å²) in [6, 6.07) is 4.22. The van der Waals surface area contributed by atoms with Crippen molar-refractivity contribution in [3.05, 3.63) is 48.3 Å². The molecule has 0 aliphatic carbocycles. The summed E-state index contributed by atoms with van der Waals surface area (Å²) in [6.07, 6.45) is -6.59. The van der Waals surface area contributed by atoms with E-state index in [1.807, 2.05) is 0 Å². The summed E-state index contributed by atoms with van der Waals surface area (Å²) < 4.78 is 26.7. The second-order valence-corrected chi connectivity index (χ2v) is 8.82. The molecule has 0 amide bonds. The molecule has 2 aliphatic heterocycles. The van der Waals surface area contributed by atoms with Crippen molar-refractivity contribution in [3.8, 4) is 11.5 Å². The van der Waals surface area contributed by atoms with Gasteiger partial charge in [0.2, 0.25) is 6.29 Å². The minimum atomic E-state index is -1.70. The molecular formula is C25H32O13. The van der Waals surface area contributed by atoms with Gasteiger partial charge in [-0.05, 0) is 17.7 Å². The van der Waals surface area contributed by atoms with Gasteiger partial charge in [-0.15, -0.1) is 6.58 Å². The lowest BCUT2D eigenvalue weighted by molar-refractivity contribution is -0.339. The molecule has 0 bridgehead atoms. The molecule has 0 radical (unpaired) electrons. The van der Waals surface area contributed by atoms with Gasteiger partial charge in [-0.2, -0.15) is 0 Å². The largest absolute Gasteiger partial charge is 0.504 e. The Bertz CT molecular complexity index is 1020. The normalized spacial score (nSPS) is 31.0. The van der Waals surface area contributed by atoms with Crippen LogP contribution in [0, 0.1) is 11.8 Å². The first-order chi connectivity index (χ1) is 18.1. The van der Waals surface area contributed by atoms with Crippen molar-refractivity contribution >= 4 is 11.9 Å². The van der Waals surface area contributed by atoms with Crippen molar-refractivity contribution in [3.63, 3.8) is 0 Å². The van der Waals surface area contributed by atoms with E-state index in [1.165, 1.54) is 18.2 Å². The van der Waals surface area contributed by atoms with Crippen LogP contribution in [0.15, 0.2) is 42.7 Å². The molecule has 1 aromatic carbocycles. The number of hydrogen-bond acceptors (Lipinski definition) is 13. The summed E-state index contributed by atoms with van der Waals surface area (Å²) in [6.45, 7) is 3.02. The van der Waals surface area contributed by atoms with Crippen molar-refractivity contribution < 1.29 is 63.9 Å². The van der Waals surface area contributed by atoms with Gasteiger partial charge in [0.05, 0.1) is 38.6 Å². The number of phenolic OH excluding ortho intramolecular Hbond substituents is 2. The van der Waals surface area contributed by atoms with Crippen molar-refractivity contribution in [1.82, 2.24) is 0 Å². The van der Waals surface area contributed by atoms with Gasteiger partial charge >= 0.3 is 11.9 Å². The molecule has 38 heavy (non-hydrogen) atoms. The highest BCUT2D eigenvalue weighted by Gasteiger charge is 2.47. The molecule has 0 spiro atoms. The molecule has 6 N–H and O–H groups in total. The van der Waals surface area contributed by atoms with Crippen LogP contribution in [0.4, 0.5) is 0 Å². The van der Waals surface area contributed by atoms with Gasteiger partial charge in [-0.1, -0.05) is 12.1 Å². The highest BCUT2D eigenvalue weighted by atomic mass is 16.8. The highest BCUT2D eigenvalue weighted by molar-refractivity contribution is 5.90. The van der Waals surface area contributed by atoms with E-state index in [-0.39, 0.29) is 36.5 Å². The molecule has 2 aliphatic rings. The van der Waals surface area contributed by atoms with Crippen molar-refractivity contribution in [2.75, 3.05) is 20.3 Å². The average Bonchev–Trinajstić information content (AvgIpc) is 2.90. The lowest BCUT2D eigenvalue weighted by atomic mass is 9.81. The first-order valence-electron chi connectivity index (χ1n) is 11.8. The third kappa shape index (κ3) is 6.62. The standard InChI is InChI=1S/C25H32O13/c1-3-13-14(9-19(29)35-7-6-12-4-5-16(27)17(28)8-12)15(23(33)34-2)11-36-24(13)38-25-22(32)21(31)20(30)18(10-26)37-25/h3-5,8,11,13-14,18,20-22,24-28,30-32H,1,6-7,9-10H2,2H3/t13-,14+,18-,20-,21+,22-,24+,25?/m1/s1. The number of carbonyl (C=O) groups excluding carboxylic acids is 2. The zero-order chi connectivity index (χ0) is 28.0. The van der Waals surface area contributed by atoms with E-state index >= 15 is 0 Å². The predicted octanol–water partition coefficient (Wildman–Crippen LogP) is -0.778. The maximum Gasteiger partial charge on any atom is 0.337 e. The van der Waals surface area contributed by atoms with Crippen LogP contribution < -0.4 is 0 Å². The van der Waals surface area contributed by atoms with Crippen LogP contribution in [0.1, 0.15) is 12.0 Å².